The van der Waals surface area contributed by atoms with Crippen LogP contribution < -0.4 is 5.32 Å². The quantitative estimate of drug-likeness (QED) is 0.335. The molecule has 0 spiro atoms. The largest absolute Gasteiger partial charge is 0.378 e. The molecule has 0 amide bonds. The Morgan fingerprint density at radius 3 is 2.73 bits per heavy atom. The van der Waals surface area contributed by atoms with E-state index in [1.807, 2.05) is 16.9 Å². The number of benzene rings is 1. The van der Waals surface area contributed by atoms with E-state index in [1.165, 1.54) is 71.6 Å². The van der Waals surface area contributed by atoms with Crippen molar-refractivity contribution >= 4 is 11.3 Å². The fraction of sp³-hybridized carbons (Fsp3) is 0.429. The molecule has 210 valence electrons. The van der Waals surface area contributed by atoms with E-state index in [9.17, 15) is 0 Å². The molecule has 1 aliphatic heterocycles. The van der Waals surface area contributed by atoms with Gasteiger partial charge in [-0.2, -0.15) is 5.10 Å². The summed E-state index contributed by atoms with van der Waals surface area (Å²) in [6.07, 6.45) is 13.0. The Kier molecular flexibility index (Phi) is 8.70. The topological polar surface area (TPSA) is 46.0 Å². The van der Waals surface area contributed by atoms with Crippen molar-refractivity contribution in [3.63, 3.8) is 0 Å². The normalized spacial score (nSPS) is 21.7. The van der Waals surface area contributed by atoms with Crippen LogP contribution in [-0.4, -0.2) is 45.8 Å². The fourth-order valence-corrected chi connectivity index (χ4v) is 6.48. The molecule has 3 heterocycles. The SMILES string of the molecule is C=C1CCC(Nc2ccc(C3CCCN(C)CC3)cc2C)/C1=C(/C=C\C)c1cccc(-n2ncc(C)c2CC)n1. The Morgan fingerprint density at radius 2 is 1.95 bits per heavy atom. The Bertz CT molecular complexity index is 1430. The molecule has 1 aliphatic carbocycles. The molecular weight excluding hydrogens is 490 g/mol. The molecule has 0 bridgehead atoms. The highest BCUT2D eigenvalue weighted by Gasteiger charge is 2.28. The summed E-state index contributed by atoms with van der Waals surface area (Å²) in [5.74, 6) is 1.51. The van der Waals surface area contributed by atoms with Crippen molar-refractivity contribution in [1.82, 2.24) is 19.7 Å². The molecule has 1 saturated heterocycles. The predicted octanol–water partition coefficient (Wildman–Crippen LogP) is 7.81. The molecule has 2 atom stereocenters. The van der Waals surface area contributed by atoms with Gasteiger partial charge in [0, 0.05) is 17.0 Å². The third-order valence-corrected chi connectivity index (χ3v) is 8.73. The second kappa shape index (κ2) is 12.4. The van der Waals surface area contributed by atoms with E-state index in [0.29, 0.717) is 5.92 Å². The minimum absolute atomic E-state index is 0.193. The van der Waals surface area contributed by atoms with Gasteiger partial charge in [0.15, 0.2) is 5.82 Å². The molecule has 2 aromatic heterocycles. The van der Waals surface area contributed by atoms with Gasteiger partial charge in [0.05, 0.1) is 17.9 Å². The number of allylic oxidation sites excluding steroid dienone is 3. The van der Waals surface area contributed by atoms with E-state index in [4.69, 9.17) is 4.98 Å². The number of nitrogens with zero attached hydrogens (tertiary/aromatic N) is 4. The van der Waals surface area contributed by atoms with Gasteiger partial charge in [0.1, 0.15) is 0 Å². The van der Waals surface area contributed by atoms with Crippen molar-refractivity contribution in [3.05, 3.63) is 101 Å². The summed E-state index contributed by atoms with van der Waals surface area (Å²) in [5, 5.41) is 8.54. The smallest absolute Gasteiger partial charge is 0.154 e. The molecule has 5 nitrogen and oxygen atoms in total. The Labute approximate surface area is 240 Å². The van der Waals surface area contributed by atoms with Gasteiger partial charge >= 0.3 is 0 Å². The van der Waals surface area contributed by atoms with Crippen LogP contribution in [0.25, 0.3) is 11.4 Å². The monoisotopic (exact) mass is 535 g/mol. The minimum atomic E-state index is 0.193. The summed E-state index contributed by atoms with van der Waals surface area (Å²) >= 11 is 0. The molecule has 1 N–H and O–H groups in total. The maximum absolute atomic E-state index is 5.12. The number of hydrogen-bond donors (Lipinski definition) is 1. The first-order valence-corrected chi connectivity index (χ1v) is 15.0. The van der Waals surface area contributed by atoms with Gasteiger partial charge in [0.2, 0.25) is 0 Å². The third kappa shape index (κ3) is 5.85. The molecule has 5 heteroatoms. The van der Waals surface area contributed by atoms with Gasteiger partial charge < -0.3 is 10.2 Å². The van der Waals surface area contributed by atoms with Crippen LogP contribution in [0.1, 0.15) is 79.9 Å². The average Bonchev–Trinajstić information content (AvgIpc) is 3.42. The minimum Gasteiger partial charge on any atom is -0.378 e. The number of hydrogen-bond acceptors (Lipinski definition) is 4. The third-order valence-electron chi connectivity index (χ3n) is 8.73. The van der Waals surface area contributed by atoms with E-state index < -0.39 is 0 Å². The van der Waals surface area contributed by atoms with Crippen LogP contribution in [0, 0.1) is 13.8 Å². The molecule has 1 aromatic carbocycles. The lowest BCUT2D eigenvalue weighted by Gasteiger charge is -2.22. The lowest BCUT2D eigenvalue weighted by Crippen LogP contribution is -2.20. The van der Waals surface area contributed by atoms with Gasteiger partial charge in [-0.3, -0.25) is 0 Å². The molecule has 5 rings (SSSR count). The van der Waals surface area contributed by atoms with Gasteiger partial charge in [-0.15, -0.1) is 0 Å². The fourth-order valence-electron chi connectivity index (χ4n) is 6.48. The number of anilines is 1. The van der Waals surface area contributed by atoms with Crippen LogP contribution in [0.2, 0.25) is 0 Å². The zero-order valence-electron chi connectivity index (χ0n) is 25.0. The number of rotatable bonds is 7. The summed E-state index contributed by atoms with van der Waals surface area (Å²) in [7, 11) is 2.25. The zero-order chi connectivity index (χ0) is 28.2. The van der Waals surface area contributed by atoms with Crippen molar-refractivity contribution in [2.45, 2.75) is 78.2 Å². The summed E-state index contributed by atoms with van der Waals surface area (Å²) in [6, 6.07) is 13.5. The highest BCUT2D eigenvalue weighted by atomic mass is 15.3. The van der Waals surface area contributed by atoms with Gasteiger partial charge in [-0.05, 0) is 131 Å². The van der Waals surface area contributed by atoms with Crippen molar-refractivity contribution in [2.75, 3.05) is 25.5 Å². The number of likely N-dealkylation sites (tertiary alicyclic amines) is 1. The molecule has 2 unspecified atom stereocenters. The van der Waals surface area contributed by atoms with Gasteiger partial charge in [-0.1, -0.05) is 43.9 Å². The molecule has 40 heavy (non-hydrogen) atoms. The molecule has 0 radical (unpaired) electrons. The Balaban J connectivity index is 1.46. The first-order valence-electron chi connectivity index (χ1n) is 15.0. The van der Waals surface area contributed by atoms with E-state index in [2.05, 4.69) is 99.1 Å². The van der Waals surface area contributed by atoms with Gasteiger partial charge in [0.25, 0.3) is 0 Å². The number of nitrogens with one attached hydrogen (secondary N) is 1. The van der Waals surface area contributed by atoms with Crippen molar-refractivity contribution in [3.8, 4) is 5.82 Å². The Hall–Kier alpha value is -3.44. The summed E-state index contributed by atoms with van der Waals surface area (Å²) in [4.78, 5) is 7.58. The van der Waals surface area contributed by atoms with Crippen molar-refractivity contribution in [1.29, 1.82) is 0 Å². The predicted molar refractivity (Wildman–Crippen MR) is 168 cm³/mol. The van der Waals surface area contributed by atoms with Crippen molar-refractivity contribution < 1.29 is 0 Å². The van der Waals surface area contributed by atoms with Crippen LogP contribution in [0.5, 0.6) is 0 Å². The lowest BCUT2D eigenvalue weighted by molar-refractivity contribution is 0.347. The average molecular weight is 536 g/mol. The number of pyridine rings is 1. The van der Waals surface area contributed by atoms with Crippen LogP contribution >= 0.6 is 0 Å². The standard InChI is InChI=1S/C35H45N5/c1-7-11-29(31-13-9-14-34(38-31)40-33(8-2)26(5)23-36-40)35-24(3)15-17-32(35)37-30-18-16-28(22-25(30)4)27-12-10-20-39(6)21-19-27/h7,9,11,13-14,16,18,22-23,27,32,37H,3,8,10,12,15,17,19-21H2,1-2,4-6H3/b11-7-,35-29-. The number of aromatic nitrogens is 3. The van der Waals surface area contributed by atoms with Crippen molar-refractivity contribution in [2.24, 2.45) is 0 Å². The first-order chi connectivity index (χ1) is 19.4. The highest BCUT2D eigenvalue weighted by Crippen LogP contribution is 2.39. The van der Waals surface area contributed by atoms with E-state index in [-0.39, 0.29) is 6.04 Å². The lowest BCUT2D eigenvalue weighted by atomic mass is 9.90. The molecule has 3 aromatic rings. The summed E-state index contributed by atoms with van der Waals surface area (Å²) < 4.78 is 1.98. The molecule has 2 aliphatic rings. The molecular formula is C35H45N5. The Morgan fingerprint density at radius 1 is 1.10 bits per heavy atom. The van der Waals surface area contributed by atoms with Crippen LogP contribution in [-0.2, 0) is 6.42 Å². The van der Waals surface area contributed by atoms with E-state index in [0.717, 1.165) is 36.3 Å². The molecule has 2 fully saturated rings. The highest BCUT2D eigenvalue weighted by molar-refractivity contribution is 5.80. The van der Waals surface area contributed by atoms with Gasteiger partial charge in [-0.25, -0.2) is 9.67 Å². The number of aryl methyl sites for hydroxylation is 2. The second-order valence-corrected chi connectivity index (χ2v) is 11.6. The summed E-state index contributed by atoms with van der Waals surface area (Å²) in [6.45, 7) is 15.5. The van der Waals surface area contributed by atoms with E-state index in [1.54, 1.807) is 0 Å². The maximum atomic E-state index is 5.12. The van der Waals surface area contributed by atoms with Crippen LogP contribution in [0.3, 0.4) is 0 Å². The summed E-state index contributed by atoms with van der Waals surface area (Å²) in [5.41, 5.74) is 11.0. The van der Waals surface area contributed by atoms with Crippen LogP contribution in [0.15, 0.2) is 72.5 Å². The van der Waals surface area contributed by atoms with E-state index >= 15 is 0 Å². The van der Waals surface area contributed by atoms with Crippen LogP contribution in [0.4, 0.5) is 5.69 Å². The first kappa shape index (κ1) is 28.1. The maximum Gasteiger partial charge on any atom is 0.154 e. The zero-order valence-corrected chi connectivity index (χ0v) is 25.0. The molecule has 1 saturated carbocycles. The second-order valence-electron chi connectivity index (χ2n) is 11.6.